The molecule has 2 aromatic rings. The molecule has 2 aromatic carbocycles. The number of esters is 1. The molecular weight excluding hydrogens is 1210 g/mol. The van der Waals surface area contributed by atoms with Gasteiger partial charge in [0, 0.05) is 49.6 Å². The maximum absolute atomic E-state index is 15.1. The molecule has 4 bridgehead atoms. The SMILES string of the molecule is C=C(CBr)C(=O)OCCCCC(C=O)N[C@H](C(=O)N[C@@H](CCCNC(N)=O)C(=O)Nc1ccc(NC(=O)O[C@H]2CC(=O)N(C)c3cc(cc(OC)c3Cl)C/C(C)=C/C=C/[C@@H](OC)[C@@]3(O)C[C@H](OC(O)N3)[C@@H](C)[C@@H]3O[C@@]23C)c(C(F)(F)F)c1)C(C)C. The third-order valence-electron chi connectivity index (χ3n) is 14.8. The monoisotopic (exact) mass is 1280 g/mol. The second kappa shape index (κ2) is 31.0. The molecule has 6 amide bonds. The number of methoxy groups -OCH3 is 2. The van der Waals surface area contributed by atoms with Crippen molar-refractivity contribution in [2.75, 3.05) is 55.3 Å². The highest BCUT2D eigenvalue weighted by molar-refractivity contribution is 9.09. The topological polar surface area (TPSA) is 320 Å². The molecule has 3 heterocycles. The smallest absolute Gasteiger partial charge is 0.418 e. The highest BCUT2D eigenvalue weighted by atomic mass is 79.9. The molecule has 2 saturated heterocycles. The van der Waals surface area contributed by atoms with Crippen LogP contribution in [-0.2, 0) is 60.3 Å². The average Bonchev–Trinajstić information content (AvgIpc) is 1.68. The molecule has 0 spiro atoms. The molecule has 85 heavy (non-hydrogen) atoms. The molecule has 11 atom stereocenters. The van der Waals surface area contributed by atoms with Crippen LogP contribution in [0.4, 0.5) is 39.8 Å². The number of anilines is 3. The van der Waals surface area contributed by atoms with Crippen LogP contribution < -0.4 is 47.3 Å². The van der Waals surface area contributed by atoms with Crippen molar-refractivity contribution in [3.05, 3.63) is 82.4 Å². The number of benzene rings is 2. The lowest BCUT2D eigenvalue weighted by atomic mass is 9.83. The van der Waals surface area contributed by atoms with Gasteiger partial charge in [0.1, 0.15) is 40.9 Å². The number of hydrogen-bond donors (Lipinski definition) is 9. The van der Waals surface area contributed by atoms with Crippen LogP contribution >= 0.6 is 27.5 Å². The molecule has 0 radical (unpaired) electrons. The summed E-state index contributed by atoms with van der Waals surface area (Å²) in [5, 5.41) is 38.3. The Kier molecular flexibility index (Phi) is 25.3. The van der Waals surface area contributed by atoms with Crippen molar-refractivity contribution in [2.45, 2.75) is 152 Å². The van der Waals surface area contributed by atoms with Gasteiger partial charge in [0.2, 0.25) is 24.1 Å². The largest absolute Gasteiger partial charge is 0.495 e. The van der Waals surface area contributed by atoms with Gasteiger partial charge in [-0.05, 0) is 94.2 Å². The van der Waals surface area contributed by atoms with E-state index < -0.39 is 137 Å². The molecule has 23 nitrogen and oxygen atoms in total. The Morgan fingerprint density at radius 1 is 1.08 bits per heavy atom. The van der Waals surface area contributed by atoms with E-state index >= 15 is 13.2 Å². The zero-order valence-electron chi connectivity index (χ0n) is 48.6. The number of nitrogens with zero attached hydrogens (tertiary/aromatic N) is 1. The molecule has 5 rings (SSSR count). The van der Waals surface area contributed by atoms with Gasteiger partial charge in [-0.2, -0.15) is 13.2 Å². The third kappa shape index (κ3) is 19.2. The van der Waals surface area contributed by atoms with Crippen LogP contribution in [0, 0.1) is 11.8 Å². The van der Waals surface area contributed by atoms with E-state index in [4.69, 9.17) is 45.8 Å². The van der Waals surface area contributed by atoms with E-state index in [1.165, 1.54) is 33.1 Å². The number of alkyl halides is 4. The summed E-state index contributed by atoms with van der Waals surface area (Å²) in [7, 11) is 4.21. The quantitative estimate of drug-likeness (QED) is 0.0148. The van der Waals surface area contributed by atoms with Crippen molar-refractivity contribution in [1.29, 1.82) is 0 Å². The number of nitrogens with two attached hydrogens (primary N) is 1. The molecule has 3 aliphatic rings. The lowest BCUT2D eigenvalue weighted by molar-refractivity contribution is -0.271. The minimum absolute atomic E-state index is 0.0391. The number of amides is 6. The van der Waals surface area contributed by atoms with E-state index in [1.807, 2.05) is 6.92 Å². The van der Waals surface area contributed by atoms with Gasteiger partial charge in [-0.15, -0.1) is 0 Å². The van der Waals surface area contributed by atoms with E-state index in [0.717, 1.165) is 17.7 Å². The summed E-state index contributed by atoms with van der Waals surface area (Å²) in [5.41, 5.74) is 1.07. The number of aliphatic hydroxyl groups excluding tert-OH is 1. The zero-order chi connectivity index (χ0) is 63.1. The van der Waals surface area contributed by atoms with Crippen LogP contribution in [0.1, 0.15) is 90.7 Å². The number of unbranched alkanes of at least 4 members (excludes halogenated alkanes) is 1. The molecule has 0 saturated carbocycles. The minimum atomic E-state index is -5.18. The summed E-state index contributed by atoms with van der Waals surface area (Å²) in [4.78, 5) is 93.1. The van der Waals surface area contributed by atoms with Crippen molar-refractivity contribution in [3.8, 4) is 5.75 Å². The number of carbonyl (C=O) groups excluding carboxylic acids is 7. The third-order valence-corrected chi connectivity index (χ3v) is 15.9. The average molecular weight is 1290 g/mol. The highest BCUT2D eigenvalue weighted by Crippen LogP contribution is 2.49. The van der Waals surface area contributed by atoms with Gasteiger partial charge in [-0.3, -0.25) is 25.0 Å². The standard InChI is InChI=1S/C57H77BrClF3N8O15/c1-30(2)47(65-36(29-71)15-10-11-21-82-51(75)32(4)28-58)50(74)67-39(16-13-20-64-52(63)76)49(73)66-35-18-19-38(37(25-35)57(60,61)62)68-53(77)84-44-26-45(72)70(7)40-23-34(24-41(80-8)46(40)59)22-31(3)14-12-17-43(81-9)56(79)27-42(83-54(78)69-56)33(5)48-55(44,6)85-48/h12,14,17-19,23-25,29-30,33,36,39,42-44,47-48,54,65,69,78-79H,4,10-11,13,15-16,20-22,26-28H2,1-3,5-9H3,(H,66,73)(H,67,74)(H,68,77)(H3,63,64,76)/b17-12+,31-14+/t33-,36?,39+,42+,43-,44+,47+,48+,54?,55+,56+/m1/s1. The summed E-state index contributed by atoms with van der Waals surface area (Å²) >= 11 is 9.93. The molecule has 470 valence electrons. The Balaban J connectivity index is 1.40. The van der Waals surface area contributed by atoms with Crippen molar-refractivity contribution < 1.29 is 85.4 Å². The number of aldehydes is 1. The van der Waals surface area contributed by atoms with Gasteiger partial charge in [0.25, 0.3) is 0 Å². The summed E-state index contributed by atoms with van der Waals surface area (Å²) in [6.07, 6.45) is -6.49. The minimum Gasteiger partial charge on any atom is -0.495 e. The number of nitrogens with one attached hydrogen (secondary N) is 6. The number of carbonyl (C=O) groups is 7. The van der Waals surface area contributed by atoms with E-state index in [0.29, 0.717) is 37.2 Å². The molecule has 10 N–H and O–H groups in total. The number of fused-ring (bicyclic) bond motifs is 5. The number of allylic oxidation sites excluding steroid dienone is 3. The van der Waals surface area contributed by atoms with E-state index in [-0.39, 0.29) is 66.2 Å². The predicted molar refractivity (Wildman–Crippen MR) is 312 cm³/mol. The first-order valence-electron chi connectivity index (χ1n) is 27.5. The van der Waals surface area contributed by atoms with Gasteiger partial charge in [-0.1, -0.05) is 78.7 Å². The summed E-state index contributed by atoms with van der Waals surface area (Å²) in [6.45, 7) is 12.1. The number of ether oxygens (including phenoxy) is 6. The Morgan fingerprint density at radius 3 is 2.44 bits per heavy atom. The Hall–Kier alpha value is -6.17. The van der Waals surface area contributed by atoms with Crippen molar-refractivity contribution in [2.24, 2.45) is 17.6 Å². The summed E-state index contributed by atoms with van der Waals surface area (Å²) in [6, 6.07) is 1.66. The first-order valence-corrected chi connectivity index (χ1v) is 29.0. The molecule has 0 aromatic heterocycles. The fraction of sp³-hybridized carbons (Fsp3) is 0.561. The lowest BCUT2D eigenvalue weighted by Crippen LogP contribution is -2.65. The fourth-order valence-electron chi connectivity index (χ4n) is 10.0. The van der Waals surface area contributed by atoms with Crippen molar-refractivity contribution in [3.63, 3.8) is 0 Å². The van der Waals surface area contributed by atoms with Crippen LogP contribution in [-0.4, -0.2) is 152 Å². The van der Waals surface area contributed by atoms with E-state index in [1.54, 1.807) is 51.1 Å². The van der Waals surface area contributed by atoms with Gasteiger partial charge in [0.15, 0.2) is 5.72 Å². The van der Waals surface area contributed by atoms with Crippen LogP contribution in [0.25, 0.3) is 0 Å². The number of epoxide rings is 1. The summed E-state index contributed by atoms with van der Waals surface area (Å²) in [5.74, 6) is -3.86. The molecule has 2 fully saturated rings. The van der Waals surface area contributed by atoms with Crippen LogP contribution in [0.3, 0.4) is 0 Å². The molecule has 0 aliphatic carbocycles. The van der Waals surface area contributed by atoms with Gasteiger partial charge < -0.3 is 70.0 Å². The van der Waals surface area contributed by atoms with E-state index in [2.05, 4.69) is 54.4 Å². The molecule has 28 heteroatoms. The lowest BCUT2D eigenvalue weighted by Gasteiger charge is -2.44. The van der Waals surface area contributed by atoms with Crippen molar-refractivity contribution >= 4 is 86.7 Å². The second-order valence-electron chi connectivity index (χ2n) is 21.7. The number of urea groups is 1. The van der Waals surface area contributed by atoms with Gasteiger partial charge >= 0.3 is 24.3 Å². The first-order chi connectivity index (χ1) is 40.0. The fourth-order valence-corrected chi connectivity index (χ4v) is 10.6. The predicted octanol–water partition coefficient (Wildman–Crippen LogP) is 6.27. The number of aliphatic hydroxyl groups is 2. The first kappa shape index (κ1) is 69.6. The van der Waals surface area contributed by atoms with Crippen LogP contribution in [0.15, 0.2) is 66.3 Å². The number of halogens is 5. The van der Waals surface area contributed by atoms with E-state index in [9.17, 15) is 43.8 Å². The van der Waals surface area contributed by atoms with Crippen LogP contribution in [0.5, 0.6) is 5.75 Å². The number of primary amides is 1. The van der Waals surface area contributed by atoms with Gasteiger partial charge in [0.05, 0.1) is 61.4 Å². The second-order valence-corrected chi connectivity index (χ2v) is 22.6. The molecular formula is C57H77BrClF3N8O15. The Bertz CT molecular complexity index is 2810. The maximum atomic E-state index is 15.1. The van der Waals surface area contributed by atoms with Gasteiger partial charge in [-0.25, -0.2) is 19.7 Å². The Labute approximate surface area is 504 Å². The highest BCUT2D eigenvalue weighted by Gasteiger charge is 2.64. The molecule has 3 aliphatic heterocycles. The summed E-state index contributed by atoms with van der Waals surface area (Å²) < 4.78 is 79.5. The molecule has 2 unspecified atom stereocenters. The van der Waals surface area contributed by atoms with Crippen LogP contribution in [0.2, 0.25) is 5.02 Å². The Morgan fingerprint density at radius 2 is 1.80 bits per heavy atom. The number of hydrogen-bond acceptors (Lipinski definition) is 17. The normalized spacial score (nSPS) is 25.6. The van der Waals surface area contributed by atoms with Crippen molar-refractivity contribution in [1.82, 2.24) is 21.3 Å². The maximum Gasteiger partial charge on any atom is 0.418 e. The number of rotatable bonds is 23. The zero-order valence-corrected chi connectivity index (χ0v) is 50.9.